The summed E-state index contributed by atoms with van der Waals surface area (Å²) in [6.07, 6.45) is 3.26. The maximum Gasteiger partial charge on any atom is 0.307 e. The SMILES string of the molecule is Cc1ccc(C=CCC(=O)O)cc1C#N. The van der Waals surface area contributed by atoms with Gasteiger partial charge in [0.2, 0.25) is 0 Å². The zero-order valence-corrected chi connectivity index (χ0v) is 8.40. The van der Waals surface area contributed by atoms with E-state index in [1.54, 1.807) is 18.2 Å². The smallest absolute Gasteiger partial charge is 0.307 e. The van der Waals surface area contributed by atoms with Gasteiger partial charge in [0, 0.05) is 0 Å². The number of carbonyl (C=O) groups is 1. The predicted molar refractivity (Wildman–Crippen MR) is 57.2 cm³/mol. The summed E-state index contributed by atoms with van der Waals surface area (Å²) >= 11 is 0. The Morgan fingerprint density at radius 2 is 2.33 bits per heavy atom. The van der Waals surface area contributed by atoms with E-state index in [1.165, 1.54) is 0 Å². The van der Waals surface area contributed by atoms with Crippen LogP contribution in [0.4, 0.5) is 0 Å². The molecule has 0 saturated carbocycles. The number of aliphatic carboxylic acids is 1. The van der Waals surface area contributed by atoms with Gasteiger partial charge in [0.1, 0.15) is 0 Å². The molecular formula is C12H11NO2. The van der Waals surface area contributed by atoms with Crippen LogP contribution in [-0.4, -0.2) is 11.1 Å². The summed E-state index contributed by atoms with van der Waals surface area (Å²) < 4.78 is 0. The number of carboxylic acids is 1. The van der Waals surface area contributed by atoms with Crippen molar-refractivity contribution in [1.82, 2.24) is 0 Å². The largest absolute Gasteiger partial charge is 0.481 e. The zero-order chi connectivity index (χ0) is 11.3. The van der Waals surface area contributed by atoms with Crippen molar-refractivity contribution in [3.05, 3.63) is 41.0 Å². The monoisotopic (exact) mass is 201 g/mol. The van der Waals surface area contributed by atoms with Gasteiger partial charge in [-0.15, -0.1) is 0 Å². The molecule has 1 rings (SSSR count). The fourth-order valence-corrected chi connectivity index (χ4v) is 1.16. The molecular weight excluding hydrogens is 190 g/mol. The molecule has 1 aromatic carbocycles. The lowest BCUT2D eigenvalue weighted by atomic mass is 10.1. The van der Waals surface area contributed by atoms with E-state index in [2.05, 4.69) is 6.07 Å². The molecule has 0 bridgehead atoms. The maximum absolute atomic E-state index is 10.3. The first-order valence-corrected chi connectivity index (χ1v) is 4.52. The van der Waals surface area contributed by atoms with Crippen LogP contribution in [0.15, 0.2) is 24.3 Å². The summed E-state index contributed by atoms with van der Waals surface area (Å²) in [6.45, 7) is 1.86. The van der Waals surface area contributed by atoms with Gasteiger partial charge in [-0.25, -0.2) is 0 Å². The van der Waals surface area contributed by atoms with E-state index in [1.807, 2.05) is 19.1 Å². The lowest BCUT2D eigenvalue weighted by Gasteiger charge is -1.98. The third kappa shape index (κ3) is 3.28. The molecule has 0 radical (unpaired) electrons. The van der Waals surface area contributed by atoms with Gasteiger partial charge < -0.3 is 5.11 Å². The lowest BCUT2D eigenvalue weighted by molar-refractivity contribution is -0.135. The van der Waals surface area contributed by atoms with E-state index in [-0.39, 0.29) is 6.42 Å². The second kappa shape index (κ2) is 4.97. The second-order valence-corrected chi connectivity index (χ2v) is 3.19. The van der Waals surface area contributed by atoms with Crippen LogP contribution >= 0.6 is 0 Å². The summed E-state index contributed by atoms with van der Waals surface area (Å²) in [5.74, 6) is -0.862. The Labute approximate surface area is 88.3 Å². The van der Waals surface area contributed by atoms with E-state index in [4.69, 9.17) is 10.4 Å². The molecule has 0 aliphatic carbocycles. The number of nitriles is 1. The number of hydrogen-bond donors (Lipinski definition) is 1. The minimum absolute atomic E-state index is 0.00420. The summed E-state index contributed by atoms with van der Waals surface area (Å²) in [5.41, 5.74) is 2.39. The Morgan fingerprint density at radius 1 is 1.60 bits per heavy atom. The third-order valence-electron chi connectivity index (χ3n) is 1.98. The first kappa shape index (κ1) is 11.0. The molecule has 0 spiro atoms. The van der Waals surface area contributed by atoms with Crippen LogP contribution in [0.3, 0.4) is 0 Å². The highest BCUT2D eigenvalue weighted by Crippen LogP contribution is 2.11. The molecule has 0 heterocycles. The van der Waals surface area contributed by atoms with Crippen LogP contribution in [0.2, 0.25) is 0 Å². The summed E-state index contributed by atoms with van der Waals surface area (Å²) in [6, 6.07) is 7.53. The van der Waals surface area contributed by atoms with Crippen LogP contribution in [-0.2, 0) is 4.79 Å². The average molecular weight is 201 g/mol. The van der Waals surface area contributed by atoms with E-state index >= 15 is 0 Å². The highest BCUT2D eigenvalue weighted by atomic mass is 16.4. The van der Waals surface area contributed by atoms with Crippen LogP contribution in [0, 0.1) is 18.3 Å². The van der Waals surface area contributed by atoms with Gasteiger partial charge in [-0.05, 0) is 24.1 Å². The molecule has 0 aliphatic heterocycles. The van der Waals surface area contributed by atoms with Crippen molar-refractivity contribution in [3.8, 4) is 6.07 Å². The molecule has 0 aliphatic rings. The first-order valence-electron chi connectivity index (χ1n) is 4.52. The lowest BCUT2D eigenvalue weighted by Crippen LogP contribution is -1.89. The van der Waals surface area contributed by atoms with Crippen molar-refractivity contribution < 1.29 is 9.90 Å². The average Bonchev–Trinajstić information content (AvgIpc) is 2.20. The number of benzene rings is 1. The minimum atomic E-state index is -0.862. The summed E-state index contributed by atoms with van der Waals surface area (Å²) in [5, 5.41) is 17.2. The molecule has 0 saturated heterocycles. The number of nitrogens with zero attached hydrogens (tertiary/aromatic N) is 1. The van der Waals surface area contributed by atoms with Crippen LogP contribution in [0.1, 0.15) is 23.1 Å². The molecule has 0 unspecified atom stereocenters. The molecule has 0 amide bonds. The Hall–Kier alpha value is -2.08. The molecule has 0 atom stereocenters. The van der Waals surface area contributed by atoms with Crippen molar-refractivity contribution in [2.24, 2.45) is 0 Å². The topological polar surface area (TPSA) is 61.1 Å². The Morgan fingerprint density at radius 3 is 2.93 bits per heavy atom. The molecule has 1 aromatic rings. The predicted octanol–water partition coefficient (Wildman–Crippen LogP) is 2.35. The van der Waals surface area contributed by atoms with E-state index < -0.39 is 5.97 Å². The number of rotatable bonds is 3. The minimum Gasteiger partial charge on any atom is -0.481 e. The van der Waals surface area contributed by atoms with Crippen molar-refractivity contribution in [3.63, 3.8) is 0 Å². The van der Waals surface area contributed by atoms with Crippen molar-refractivity contribution in [2.45, 2.75) is 13.3 Å². The standard InChI is InChI=1S/C12H11NO2/c1-9-5-6-10(7-11(9)8-13)3-2-4-12(14)15/h2-3,5-7H,4H2,1H3,(H,14,15). The van der Waals surface area contributed by atoms with E-state index in [9.17, 15) is 4.79 Å². The van der Waals surface area contributed by atoms with Crippen molar-refractivity contribution in [2.75, 3.05) is 0 Å². The van der Waals surface area contributed by atoms with Gasteiger partial charge in [-0.1, -0.05) is 24.3 Å². The van der Waals surface area contributed by atoms with E-state index in [0.717, 1.165) is 11.1 Å². The Bertz CT molecular complexity index is 441. The van der Waals surface area contributed by atoms with Crippen LogP contribution in [0.25, 0.3) is 6.08 Å². The van der Waals surface area contributed by atoms with Gasteiger partial charge in [-0.3, -0.25) is 4.79 Å². The summed E-state index contributed by atoms with van der Waals surface area (Å²) in [7, 11) is 0. The highest BCUT2D eigenvalue weighted by Gasteiger charge is 1.97. The third-order valence-corrected chi connectivity index (χ3v) is 1.98. The summed E-state index contributed by atoms with van der Waals surface area (Å²) in [4.78, 5) is 10.3. The highest BCUT2D eigenvalue weighted by molar-refractivity contribution is 5.70. The van der Waals surface area contributed by atoms with Crippen molar-refractivity contribution >= 4 is 12.0 Å². The first-order chi connectivity index (χ1) is 7.13. The van der Waals surface area contributed by atoms with Crippen molar-refractivity contribution in [1.29, 1.82) is 5.26 Å². The maximum atomic E-state index is 10.3. The van der Waals surface area contributed by atoms with Crippen LogP contribution < -0.4 is 0 Å². The second-order valence-electron chi connectivity index (χ2n) is 3.19. The molecule has 76 valence electrons. The molecule has 1 N–H and O–H groups in total. The Balaban J connectivity index is 2.84. The van der Waals surface area contributed by atoms with Gasteiger partial charge in [0.05, 0.1) is 18.1 Å². The molecule has 3 nitrogen and oxygen atoms in total. The molecule has 3 heteroatoms. The fraction of sp³-hybridized carbons (Fsp3) is 0.167. The number of aryl methyl sites for hydroxylation is 1. The number of hydrogen-bond acceptors (Lipinski definition) is 2. The van der Waals surface area contributed by atoms with Gasteiger partial charge in [-0.2, -0.15) is 5.26 Å². The molecule has 0 aromatic heterocycles. The van der Waals surface area contributed by atoms with Gasteiger partial charge in [0.15, 0.2) is 0 Å². The molecule has 15 heavy (non-hydrogen) atoms. The van der Waals surface area contributed by atoms with Crippen LogP contribution in [0.5, 0.6) is 0 Å². The zero-order valence-electron chi connectivity index (χ0n) is 8.40. The fourth-order valence-electron chi connectivity index (χ4n) is 1.16. The van der Waals surface area contributed by atoms with Gasteiger partial charge >= 0.3 is 5.97 Å². The normalized spacial score (nSPS) is 10.1. The van der Waals surface area contributed by atoms with Gasteiger partial charge in [0.25, 0.3) is 0 Å². The Kier molecular flexibility index (Phi) is 3.64. The number of carboxylic acid groups (broad SMARTS) is 1. The molecule has 0 fully saturated rings. The van der Waals surface area contributed by atoms with E-state index in [0.29, 0.717) is 5.56 Å². The quantitative estimate of drug-likeness (QED) is 0.816.